The van der Waals surface area contributed by atoms with Crippen LogP contribution in [-0.2, 0) is 19.4 Å². The third-order valence-electron chi connectivity index (χ3n) is 5.14. The summed E-state index contributed by atoms with van der Waals surface area (Å²) < 4.78 is 0. The monoisotopic (exact) mass is 371 g/mol. The Bertz CT molecular complexity index is 1130. The van der Waals surface area contributed by atoms with Crippen molar-refractivity contribution in [1.82, 2.24) is 24.9 Å². The molecule has 0 aliphatic heterocycles. The molecule has 4 aromatic rings. The summed E-state index contributed by atoms with van der Waals surface area (Å²) in [5.41, 5.74) is 5.30. The fraction of sp³-hybridized carbons (Fsp3) is 0.238. The lowest BCUT2D eigenvalue weighted by molar-refractivity contribution is 0.900. The molecule has 5 rings (SSSR count). The van der Waals surface area contributed by atoms with Crippen LogP contribution in [0.5, 0.6) is 0 Å². The Morgan fingerprint density at radius 2 is 2.11 bits per heavy atom. The number of rotatable bonds is 5. The van der Waals surface area contributed by atoms with Crippen LogP contribution in [0.25, 0.3) is 22.4 Å². The van der Waals surface area contributed by atoms with Gasteiger partial charge in [0.1, 0.15) is 17.3 Å². The summed E-state index contributed by atoms with van der Waals surface area (Å²) in [5, 5.41) is 7.66. The normalized spacial score (nSPS) is 12.9. The number of anilines is 2. The van der Waals surface area contributed by atoms with Crippen LogP contribution >= 0.6 is 0 Å². The van der Waals surface area contributed by atoms with E-state index >= 15 is 0 Å². The Hall–Kier alpha value is -3.48. The molecule has 7 nitrogen and oxygen atoms in total. The first-order valence-electron chi connectivity index (χ1n) is 9.50. The Labute approximate surface area is 162 Å². The Morgan fingerprint density at radius 3 is 2.96 bits per heavy atom. The second-order valence-electron chi connectivity index (χ2n) is 6.93. The van der Waals surface area contributed by atoms with E-state index in [4.69, 9.17) is 15.0 Å². The zero-order valence-corrected chi connectivity index (χ0v) is 15.7. The van der Waals surface area contributed by atoms with E-state index in [1.54, 1.807) is 6.20 Å². The Balaban J connectivity index is 1.56. The molecule has 0 aromatic carbocycles. The van der Waals surface area contributed by atoms with E-state index in [2.05, 4.69) is 20.6 Å². The SMILES string of the molecule is CNc1nc(-c2cc(NCc3cccnc3)nc3[nH]ccc23)nc2c1CCC2. The minimum Gasteiger partial charge on any atom is -0.373 e. The number of nitrogens with zero attached hydrogens (tertiary/aromatic N) is 4. The van der Waals surface area contributed by atoms with Gasteiger partial charge in [0.05, 0.1) is 0 Å². The second-order valence-corrected chi connectivity index (χ2v) is 6.93. The molecule has 0 atom stereocenters. The Morgan fingerprint density at radius 1 is 1.14 bits per heavy atom. The van der Waals surface area contributed by atoms with Crippen LogP contribution in [0.2, 0.25) is 0 Å². The van der Waals surface area contributed by atoms with Crippen LogP contribution in [-0.4, -0.2) is 32.0 Å². The third kappa shape index (κ3) is 2.94. The molecule has 1 aliphatic carbocycles. The lowest BCUT2D eigenvalue weighted by Gasteiger charge is -2.12. The molecule has 0 fully saturated rings. The Kier molecular flexibility index (Phi) is 4.12. The van der Waals surface area contributed by atoms with E-state index in [0.717, 1.165) is 64.6 Å². The van der Waals surface area contributed by atoms with Crippen LogP contribution < -0.4 is 10.6 Å². The van der Waals surface area contributed by atoms with Crippen molar-refractivity contribution in [3.63, 3.8) is 0 Å². The molecule has 0 bridgehead atoms. The lowest BCUT2D eigenvalue weighted by atomic mass is 10.1. The van der Waals surface area contributed by atoms with Gasteiger partial charge >= 0.3 is 0 Å². The van der Waals surface area contributed by atoms with E-state index in [0.29, 0.717) is 6.54 Å². The van der Waals surface area contributed by atoms with Crippen LogP contribution in [0.4, 0.5) is 11.6 Å². The summed E-state index contributed by atoms with van der Waals surface area (Å²) in [7, 11) is 1.92. The fourth-order valence-electron chi connectivity index (χ4n) is 3.77. The van der Waals surface area contributed by atoms with Gasteiger partial charge in [0.2, 0.25) is 0 Å². The van der Waals surface area contributed by atoms with Gasteiger partial charge < -0.3 is 15.6 Å². The molecule has 0 saturated heterocycles. The predicted molar refractivity (Wildman–Crippen MR) is 110 cm³/mol. The average Bonchev–Trinajstić information content (AvgIpc) is 3.40. The summed E-state index contributed by atoms with van der Waals surface area (Å²) in [4.78, 5) is 21.8. The number of fused-ring (bicyclic) bond motifs is 2. The van der Waals surface area contributed by atoms with Crippen molar-refractivity contribution in [2.45, 2.75) is 25.8 Å². The van der Waals surface area contributed by atoms with Crippen LogP contribution in [0.3, 0.4) is 0 Å². The van der Waals surface area contributed by atoms with Crippen LogP contribution in [0.1, 0.15) is 23.2 Å². The number of pyridine rings is 2. The third-order valence-corrected chi connectivity index (χ3v) is 5.14. The molecule has 28 heavy (non-hydrogen) atoms. The highest BCUT2D eigenvalue weighted by Crippen LogP contribution is 2.32. The van der Waals surface area contributed by atoms with Gasteiger partial charge in [-0.25, -0.2) is 15.0 Å². The minimum atomic E-state index is 0.652. The summed E-state index contributed by atoms with van der Waals surface area (Å²) in [6.45, 7) is 0.652. The number of hydrogen-bond donors (Lipinski definition) is 3. The van der Waals surface area contributed by atoms with Crippen molar-refractivity contribution in [2.75, 3.05) is 17.7 Å². The molecular weight excluding hydrogens is 350 g/mol. The maximum Gasteiger partial charge on any atom is 0.162 e. The van der Waals surface area contributed by atoms with E-state index in [1.165, 1.54) is 5.56 Å². The topological polar surface area (TPSA) is 91.4 Å². The number of H-pyrrole nitrogens is 1. The van der Waals surface area contributed by atoms with Gasteiger partial charge in [-0.2, -0.15) is 0 Å². The molecule has 7 heteroatoms. The fourth-order valence-corrected chi connectivity index (χ4v) is 3.77. The first-order chi connectivity index (χ1) is 13.8. The van der Waals surface area contributed by atoms with Gasteiger partial charge in [0.25, 0.3) is 0 Å². The summed E-state index contributed by atoms with van der Waals surface area (Å²) >= 11 is 0. The van der Waals surface area contributed by atoms with Gasteiger partial charge in [-0.15, -0.1) is 0 Å². The number of aryl methyl sites for hydroxylation is 1. The number of aromatic nitrogens is 5. The maximum atomic E-state index is 4.89. The maximum absolute atomic E-state index is 4.89. The average molecular weight is 371 g/mol. The van der Waals surface area contributed by atoms with Crippen molar-refractivity contribution in [3.8, 4) is 11.4 Å². The lowest BCUT2D eigenvalue weighted by Crippen LogP contribution is -2.05. The van der Waals surface area contributed by atoms with Gasteiger partial charge in [-0.1, -0.05) is 6.07 Å². The molecule has 0 radical (unpaired) electrons. The van der Waals surface area contributed by atoms with E-state index in [1.807, 2.05) is 43.7 Å². The smallest absolute Gasteiger partial charge is 0.162 e. The number of nitrogens with one attached hydrogen (secondary N) is 3. The van der Waals surface area contributed by atoms with Gasteiger partial charge in [-0.3, -0.25) is 4.98 Å². The van der Waals surface area contributed by atoms with Crippen molar-refractivity contribution in [2.24, 2.45) is 0 Å². The van der Waals surface area contributed by atoms with Gasteiger partial charge in [-0.05, 0) is 43.0 Å². The minimum absolute atomic E-state index is 0.652. The molecule has 3 N–H and O–H groups in total. The zero-order chi connectivity index (χ0) is 18.9. The highest BCUT2D eigenvalue weighted by atomic mass is 15.0. The second kappa shape index (κ2) is 6.92. The van der Waals surface area contributed by atoms with Crippen LogP contribution in [0.15, 0.2) is 42.9 Å². The zero-order valence-electron chi connectivity index (χ0n) is 15.7. The molecule has 0 amide bonds. The molecule has 140 valence electrons. The summed E-state index contributed by atoms with van der Waals surface area (Å²) in [6, 6.07) is 8.03. The molecule has 0 saturated carbocycles. The summed E-state index contributed by atoms with van der Waals surface area (Å²) in [5.74, 6) is 2.45. The largest absolute Gasteiger partial charge is 0.373 e. The molecule has 4 aromatic heterocycles. The van der Waals surface area contributed by atoms with E-state index in [9.17, 15) is 0 Å². The van der Waals surface area contributed by atoms with Crippen molar-refractivity contribution < 1.29 is 0 Å². The first kappa shape index (κ1) is 16.7. The molecule has 0 spiro atoms. The number of hydrogen-bond acceptors (Lipinski definition) is 6. The number of aromatic amines is 1. The van der Waals surface area contributed by atoms with E-state index < -0.39 is 0 Å². The quantitative estimate of drug-likeness (QED) is 0.497. The molecule has 0 unspecified atom stereocenters. The van der Waals surface area contributed by atoms with Crippen LogP contribution in [0, 0.1) is 0 Å². The highest BCUT2D eigenvalue weighted by molar-refractivity contribution is 5.93. The predicted octanol–water partition coefficient (Wildman–Crippen LogP) is 3.56. The highest BCUT2D eigenvalue weighted by Gasteiger charge is 2.20. The van der Waals surface area contributed by atoms with Crippen molar-refractivity contribution >= 4 is 22.7 Å². The van der Waals surface area contributed by atoms with Gasteiger partial charge in [0.15, 0.2) is 5.82 Å². The molecule has 4 heterocycles. The first-order valence-corrected chi connectivity index (χ1v) is 9.50. The van der Waals surface area contributed by atoms with Crippen molar-refractivity contribution in [1.29, 1.82) is 0 Å². The van der Waals surface area contributed by atoms with Crippen molar-refractivity contribution in [3.05, 3.63) is 59.7 Å². The molecular formula is C21H21N7. The molecule has 1 aliphatic rings. The van der Waals surface area contributed by atoms with E-state index in [-0.39, 0.29) is 0 Å². The van der Waals surface area contributed by atoms with Gasteiger partial charge in [0, 0.05) is 54.4 Å². The summed E-state index contributed by atoms with van der Waals surface area (Å²) in [6.07, 6.45) is 8.71. The standard InChI is InChI=1S/C21H21N7/c1-22-19-15-5-2-6-17(15)26-21(28-19)16-10-18(27-20-14(16)7-9-24-20)25-12-13-4-3-8-23-11-13/h3-4,7-11H,2,5-6,12H2,1H3,(H,22,26,28)(H2,24,25,27).